The minimum absolute atomic E-state index is 0.0135. The minimum Gasteiger partial charge on any atom is -0.495 e. The highest BCUT2D eigenvalue weighted by Gasteiger charge is 2.16. The minimum atomic E-state index is -3.82. The predicted molar refractivity (Wildman–Crippen MR) is 128 cm³/mol. The summed E-state index contributed by atoms with van der Waals surface area (Å²) in [5, 5.41) is 11.1. The third kappa shape index (κ3) is 5.95. The summed E-state index contributed by atoms with van der Waals surface area (Å²) in [6.07, 6.45) is 0. The zero-order valence-corrected chi connectivity index (χ0v) is 19.2. The number of benzene rings is 3. The van der Waals surface area contributed by atoms with Crippen LogP contribution in [0.4, 0.5) is 17.1 Å². The van der Waals surface area contributed by atoms with Crippen LogP contribution in [0.5, 0.6) is 5.75 Å². The van der Waals surface area contributed by atoms with Gasteiger partial charge < -0.3 is 15.4 Å². The van der Waals surface area contributed by atoms with Gasteiger partial charge in [-0.3, -0.25) is 4.72 Å². The molecular formula is C20H20N4O5S3. The Morgan fingerprint density at radius 3 is 1.81 bits per heavy atom. The van der Waals surface area contributed by atoms with Crippen molar-refractivity contribution in [1.82, 2.24) is 0 Å². The molecule has 5 N–H and O–H groups in total. The highest BCUT2D eigenvalue weighted by Crippen LogP contribution is 2.26. The zero-order chi connectivity index (χ0) is 23.4. The molecule has 32 heavy (non-hydrogen) atoms. The topological polar surface area (TPSA) is 140 Å². The van der Waals surface area contributed by atoms with Gasteiger partial charge in [0.1, 0.15) is 5.75 Å². The highest BCUT2D eigenvalue weighted by molar-refractivity contribution is 7.92. The normalized spacial score (nSPS) is 11.4. The van der Waals surface area contributed by atoms with Crippen molar-refractivity contribution in [2.24, 2.45) is 5.14 Å². The van der Waals surface area contributed by atoms with Crippen molar-refractivity contribution in [2.45, 2.75) is 9.79 Å². The SMILES string of the molecule is COc1ccccc1NS(=O)(=O)c1ccc(NC(=S)Nc2ccc(S(N)(=O)=O)cc2)cc1. The Kier molecular flexibility index (Phi) is 6.99. The molecule has 9 nitrogen and oxygen atoms in total. The lowest BCUT2D eigenvalue weighted by Crippen LogP contribution is -2.19. The molecule has 0 amide bonds. The van der Waals surface area contributed by atoms with Crippen molar-refractivity contribution in [3.05, 3.63) is 72.8 Å². The van der Waals surface area contributed by atoms with Crippen LogP contribution in [0.1, 0.15) is 0 Å². The zero-order valence-electron chi connectivity index (χ0n) is 16.8. The molecule has 3 rings (SSSR count). The third-order valence-electron chi connectivity index (χ3n) is 4.21. The third-order valence-corrected chi connectivity index (χ3v) is 6.73. The quantitative estimate of drug-likeness (QED) is 0.369. The van der Waals surface area contributed by atoms with Gasteiger partial charge in [-0.15, -0.1) is 0 Å². The van der Waals surface area contributed by atoms with Crippen LogP contribution in [0.2, 0.25) is 0 Å². The lowest BCUT2D eigenvalue weighted by atomic mass is 10.3. The lowest BCUT2D eigenvalue weighted by molar-refractivity contribution is 0.417. The summed E-state index contributed by atoms with van der Waals surface area (Å²) in [7, 11) is -6.14. The lowest BCUT2D eigenvalue weighted by Gasteiger charge is -2.13. The molecule has 0 fully saturated rings. The molecule has 0 aromatic heterocycles. The van der Waals surface area contributed by atoms with Crippen LogP contribution in [0.3, 0.4) is 0 Å². The smallest absolute Gasteiger partial charge is 0.262 e. The van der Waals surface area contributed by atoms with E-state index in [2.05, 4.69) is 15.4 Å². The van der Waals surface area contributed by atoms with Gasteiger partial charge in [-0.05, 0) is 72.9 Å². The number of thiocarbonyl (C=S) groups is 1. The molecule has 12 heteroatoms. The van der Waals surface area contributed by atoms with Crippen LogP contribution < -0.4 is 25.2 Å². The molecule has 0 radical (unpaired) electrons. The van der Waals surface area contributed by atoms with Crippen molar-refractivity contribution in [1.29, 1.82) is 0 Å². The largest absolute Gasteiger partial charge is 0.495 e. The molecule has 0 heterocycles. The first-order valence-corrected chi connectivity index (χ1v) is 12.5. The fraction of sp³-hybridized carbons (Fsp3) is 0.0500. The van der Waals surface area contributed by atoms with Crippen molar-refractivity contribution in [2.75, 3.05) is 22.5 Å². The summed E-state index contributed by atoms with van der Waals surface area (Å²) >= 11 is 5.24. The number of primary sulfonamides is 1. The molecule has 3 aromatic rings. The summed E-state index contributed by atoms with van der Waals surface area (Å²) in [6.45, 7) is 0. The van der Waals surface area contributed by atoms with E-state index in [4.69, 9.17) is 22.1 Å². The van der Waals surface area contributed by atoms with E-state index >= 15 is 0 Å². The highest BCUT2D eigenvalue weighted by atomic mass is 32.2. The van der Waals surface area contributed by atoms with Gasteiger partial charge in [0.25, 0.3) is 10.0 Å². The summed E-state index contributed by atoms with van der Waals surface area (Å²) in [4.78, 5) is 0.0480. The Labute approximate surface area is 191 Å². The number of hydrogen-bond acceptors (Lipinski definition) is 6. The Morgan fingerprint density at radius 2 is 1.31 bits per heavy atom. The maximum absolute atomic E-state index is 12.7. The van der Waals surface area contributed by atoms with Crippen molar-refractivity contribution in [3.63, 3.8) is 0 Å². The molecule has 0 aliphatic heterocycles. The molecule has 0 unspecified atom stereocenters. The Morgan fingerprint density at radius 1 is 0.812 bits per heavy atom. The van der Waals surface area contributed by atoms with E-state index in [-0.39, 0.29) is 14.9 Å². The van der Waals surface area contributed by atoms with Gasteiger partial charge in [0, 0.05) is 11.4 Å². The standard InChI is InChI=1S/C20H20N4O5S3/c1-29-19-5-3-2-4-18(19)24-32(27,28)17-12-8-15(9-13-17)23-20(30)22-14-6-10-16(11-7-14)31(21,25)26/h2-13,24H,1H3,(H2,21,25,26)(H2,22,23,30). The Bertz CT molecular complexity index is 1320. The molecule has 0 bridgehead atoms. The number of ether oxygens (including phenoxy) is 1. The average Bonchev–Trinajstić information content (AvgIpc) is 2.74. The van der Waals surface area contributed by atoms with Crippen LogP contribution >= 0.6 is 12.2 Å². The molecular weight excluding hydrogens is 472 g/mol. The Balaban J connectivity index is 1.65. The average molecular weight is 493 g/mol. The number of nitrogens with two attached hydrogens (primary N) is 1. The van der Waals surface area contributed by atoms with Gasteiger partial charge in [0.05, 0.1) is 22.6 Å². The number of methoxy groups -OCH3 is 1. The van der Waals surface area contributed by atoms with Crippen molar-refractivity contribution in [3.8, 4) is 5.75 Å². The second-order valence-corrected chi connectivity index (χ2v) is 10.1. The molecule has 3 aromatic carbocycles. The monoisotopic (exact) mass is 492 g/mol. The fourth-order valence-electron chi connectivity index (χ4n) is 2.67. The summed E-state index contributed by atoms with van der Waals surface area (Å²) < 4.78 is 55.6. The van der Waals surface area contributed by atoms with E-state index in [1.807, 2.05) is 0 Å². The van der Waals surface area contributed by atoms with E-state index in [1.165, 1.54) is 43.5 Å². The van der Waals surface area contributed by atoms with Crippen LogP contribution in [0.15, 0.2) is 82.6 Å². The van der Waals surface area contributed by atoms with Crippen molar-refractivity contribution >= 4 is 54.4 Å². The molecule has 0 aliphatic rings. The molecule has 0 saturated carbocycles. The number of nitrogens with one attached hydrogen (secondary N) is 3. The summed E-state index contributed by atoms with van der Waals surface area (Å²) in [5.74, 6) is 0.405. The van der Waals surface area contributed by atoms with Crippen LogP contribution in [-0.2, 0) is 20.0 Å². The van der Waals surface area contributed by atoms with E-state index in [1.54, 1.807) is 36.4 Å². The van der Waals surface area contributed by atoms with Gasteiger partial charge in [0.15, 0.2) is 5.11 Å². The molecule has 0 aliphatic carbocycles. The fourth-order valence-corrected chi connectivity index (χ4v) is 4.49. The van der Waals surface area contributed by atoms with Gasteiger partial charge >= 0.3 is 0 Å². The number of rotatable bonds is 7. The number of sulfonamides is 2. The maximum Gasteiger partial charge on any atom is 0.262 e. The van der Waals surface area contributed by atoms with Crippen molar-refractivity contribution < 1.29 is 21.6 Å². The van der Waals surface area contributed by atoms with Gasteiger partial charge in [-0.1, -0.05) is 12.1 Å². The number of anilines is 3. The van der Waals surface area contributed by atoms with Gasteiger partial charge in [-0.2, -0.15) is 0 Å². The van der Waals surface area contributed by atoms with E-state index in [9.17, 15) is 16.8 Å². The Hall–Kier alpha value is -3.19. The van der Waals surface area contributed by atoms with Gasteiger partial charge in [0.2, 0.25) is 10.0 Å². The molecule has 0 atom stereocenters. The first kappa shape index (κ1) is 23.5. The summed E-state index contributed by atoms with van der Waals surface area (Å²) in [5.41, 5.74) is 1.44. The van der Waals surface area contributed by atoms with Crippen LogP contribution in [0.25, 0.3) is 0 Å². The van der Waals surface area contributed by atoms with E-state index < -0.39 is 20.0 Å². The van der Waals surface area contributed by atoms with E-state index in [0.717, 1.165) is 0 Å². The van der Waals surface area contributed by atoms with E-state index in [0.29, 0.717) is 22.8 Å². The number of para-hydroxylation sites is 2. The van der Waals surface area contributed by atoms with Crippen LogP contribution in [-0.4, -0.2) is 29.1 Å². The molecule has 168 valence electrons. The molecule has 0 spiro atoms. The van der Waals surface area contributed by atoms with Crippen LogP contribution in [0, 0.1) is 0 Å². The van der Waals surface area contributed by atoms with Gasteiger partial charge in [-0.25, -0.2) is 22.0 Å². The first-order valence-electron chi connectivity index (χ1n) is 9.05. The summed E-state index contributed by atoms with van der Waals surface area (Å²) in [6, 6.07) is 18.4. The predicted octanol–water partition coefficient (Wildman–Crippen LogP) is 2.95. The first-order chi connectivity index (χ1) is 15.1. The second-order valence-electron chi connectivity index (χ2n) is 6.48. The second kappa shape index (κ2) is 9.53. The maximum atomic E-state index is 12.7. The number of hydrogen-bond donors (Lipinski definition) is 4. The molecule has 0 saturated heterocycles.